The Bertz CT molecular complexity index is 53.9. The van der Waals surface area contributed by atoms with Gasteiger partial charge >= 0.3 is 0 Å². The maximum absolute atomic E-state index is 2.12. The van der Waals surface area contributed by atoms with E-state index in [2.05, 4.69) is 23.5 Å². The van der Waals surface area contributed by atoms with Crippen molar-refractivity contribution in [3.8, 4) is 0 Å². The second kappa shape index (κ2) is 1.10. The van der Waals surface area contributed by atoms with Gasteiger partial charge in [-0.1, -0.05) is 0 Å². The summed E-state index contributed by atoms with van der Waals surface area (Å²) in [5.41, 5.74) is 0. The van der Waals surface area contributed by atoms with Gasteiger partial charge in [0.15, 0.2) is 0 Å². The highest BCUT2D eigenvalue weighted by atomic mass is 32.2. The molecule has 0 aromatic rings. The molecule has 0 aromatic heterocycles. The molecule has 0 unspecified atom stereocenters. The Labute approximate surface area is 46.1 Å². The molecule has 0 aliphatic carbocycles. The van der Waals surface area contributed by atoms with E-state index in [1.165, 1.54) is 11.5 Å². The van der Waals surface area contributed by atoms with Crippen molar-refractivity contribution in [2.45, 2.75) is 10.5 Å². The summed E-state index contributed by atoms with van der Waals surface area (Å²) in [4.78, 5) is 0. The van der Waals surface area contributed by atoms with E-state index in [-0.39, 0.29) is 0 Å². The fraction of sp³-hybridized carbons (Fsp3) is 1.00. The Morgan fingerprint density at radius 1 is 1.00 bits per heavy atom. The van der Waals surface area contributed by atoms with Gasteiger partial charge in [0.2, 0.25) is 0 Å². The van der Waals surface area contributed by atoms with Crippen LogP contribution in [0.5, 0.6) is 0 Å². The molecule has 0 radical (unpaired) electrons. The lowest BCUT2D eigenvalue weighted by molar-refractivity contribution is 1.10. The maximum atomic E-state index is 2.12. The molecule has 0 bridgehead atoms. The second-order valence-corrected chi connectivity index (χ2v) is 4.29. The van der Waals surface area contributed by atoms with Gasteiger partial charge in [-0.05, 0) is 0 Å². The van der Waals surface area contributed by atoms with Crippen LogP contribution in [0.1, 0.15) is 0 Å². The number of hydrogen-bond donors (Lipinski definition) is 0. The molecular formula is C4H6S2. The summed E-state index contributed by atoms with van der Waals surface area (Å²) in [6, 6.07) is 0. The molecule has 2 aliphatic rings. The van der Waals surface area contributed by atoms with E-state index in [1.54, 1.807) is 0 Å². The molecule has 2 aliphatic heterocycles. The lowest BCUT2D eigenvalue weighted by Crippen LogP contribution is -1.88. The highest BCUT2D eigenvalue weighted by Crippen LogP contribution is 2.47. The summed E-state index contributed by atoms with van der Waals surface area (Å²) in [5, 5.41) is 2.19. The highest BCUT2D eigenvalue weighted by molar-refractivity contribution is 8.12. The number of thioether (sulfide) groups is 2. The molecule has 0 nitrogen and oxygen atoms in total. The molecule has 34 valence electrons. The molecule has 2 saturated heterocycles. The van der Waals surface area contributed by atoms with E-state index in [0.29, 0.717) is 0 Å². The first-order valence-corrected chi connectivity index (χ1v) is 4.30. The predicted molar refractivity (Wildman–Crippen MR) is 32.5 cm³/mol. The first-order chi connectivity index (χ1) is 2.97. The summed E-state index contributed by atoms with van der Waals surface area (Å²) in [6.07, 6.45) is 0. The first kappa shape index (κ1) is 3.67. The van der Waals surface area contributed by atoms with Crippen LogP contribution in [0.25, 0.3) is 0 Å². The Morgan fingerprint density at radius 3 is 1.50 bits per heavy atom. The summed E-state index contributed by atoms with van der Waals surface area (Å²) in [5.74, 6) is 2.91. The fourth-order valence-electron chi connectivity index (χ4n) is 0.540. The van der Waals surface area contributed by atoms with Gasteiger partial charge in [-0.15, -0.1) is 0 Å². The average Bonchev–Trinajstić information content (AvgIpc) is 2.26. The zero-order valence-corrected chi connectivity index (χ0v) is 5.02. The van der Waals surface area contributed by atoms with Crippen molar-refractivity contribution < 1.29 is 0 Å². The van der Waals surface area contributed by atoms with Crippen molar-refractivity contribution in [3.63, 3.8) is 0 Å². The van der Waals surface area contributed by atoms with E-state index < -0.39 is 0 Å². The Morgan fingerprint density at radius 2 is 1.33 bits per heavy atom. The SMILES string of the molecule is C1S[C@H]1[C@H]1CS1. The zero-order chi connectivity index (χ0) is 3.98. The quantitative estimate of drug-likeness (QED) is 0.475. The van der Waals surface area contributed by atoms with E-state index in [9.17, 15) is 0 Å². The van der Waals surface area contributed by atoms with Gasteiger partial charge in [0, 0.05) is 22.0 Å². The topological polar surface area (TPSA) is 0 Å². The normalized spacial score (nSPS) is 52.0. The third-order valence-corrected chi connectivity index (χ3v) is 3.40. The Balaban J connectivity index is 1.92. The van der Waals surface area contributed by atoms with Gasteiger partial charge in [0.05, 0.1) is 0 Å². The molecule has 2 heterocycles. The molecule has 6 heavy (non-hydrogen) atoms. The average molecular weight is 118 g/mol. The minimum absolute atomic E-state index is 1.09. The van der Waals surface area contributed by atoms with Crippen LogP contribution in [0.4, 0.5) is 0 Å². The van der Waals surface area contributed by atoms with Crippen molar-refractivity contribution >= 4 is 23.5 Å². The Kier molecular flexibility index (Phi) is 0.673. The highest BCUT2D eigenvalue weighted by Gasteiger charge is 2.39. The number of hydrogen-bond acceptors (Lipinski definition) is 2. The van der Waals surface area contributed by atoms with Crippen molar-refractivity contribution in [3.05, 3.63) is 0 Å². The van der Waals surface area contributed by atoms with E-state index in [4.69, 9.17) is 0 Å². The van der Waals surface area contributed by atoms with E-state index in [0.717, 1.165) is 10.5 Å². The molecule has 2 heteroatoms. The van der Waals surface area contributed by atoms with Crippen LogP contribution in [0, 0.1) is 0 Å². The lowest BCUT2D eigenvalue weighted by atomic mass is 10.4. The van der Waals surface area contributed by atoms with Gasteiger partial charge in [0.1, 0.15) is 0 Å². The van der Waals surface area contributed by atoms with Crippen molar-refractivity contribution in [1.29, 1.82) is 0 Å². The van der Waals surface area contributed by atoms with Crippen LogP contribution in [0.2, 0.25) is 0 Å². The van der Waals surface area contributed by atoms with Crippen LogP contribution >= 0.6 is 23.5 Å². The van der Waals surface area contributed by atoms with Crippen LogP contribution in [0.3, 0.4) is 0 Å². The van der Waals surface area contributed by atoms with Gasteiger partial charge in [-0.2, -0.15) is 23.5 Å². The molecule has 0 amide bonds. The van der Waals surface area contributed by atoms with Crippen LogP contribution in [0.15, 0.2) is 0 Å². The Hall–Kier alpha value is 0.700. The fourth-order valence-corrected chi connectivity index (χ4v) is 2.56. The monoisotopic (exact) mass is 118 g/mol. The van der Waals surface area contributed by atoms with E-state index in [1.807, 2.05) is 0 Å². The summed E-state index contributed by atoms with van der Waals surface area (Å²) in [7, 11) is 0. The summed E-state index contributed by atoms with van der Waals surface area (Å²) in [6.45, 7) is 0. The molecule has 0 aromatic carbocycles. The summed E-state index contributed by atoms with van der Waals surface area (Å²) >= 11 is 4.24. The van der Waals surface area contributed by atoms with Crippen molar-refractivity contribution in [2.75, 3.05) is 11.5 Å². The van der Waals surface area contributed by atoms with Crippen LogP contribution < -0.4 is 0 Å². The number of rotatable bonds is 1. The van der Waals surface area contributed by atoms with E-state index >= 15 is 0 Å². The maximum Gasteiger partial charge on any atom is 0.0265 e. The lowest BCUT2D eigenvalue weighted by Gasteiger charge is -1.73. The van der Waals surface area contributed by atoms with Crippen molar-refractivity contribution in [2.24, 2.45) is 0 Å². The van der Waals surface area contributed by atoms with Gasteiger partial charge in [-0.3, -0.25) is 0 Å². The summed E-state index contributed by atoms with van der Waals surface area (Å²) < 4.78 is 0. The molecular weight excluding hydrogens is 112 g/mol. The molecule has 2 atom stereocenters. The van der Waals surface area contributed by atoms with Gasteiger partial charge in [0.25, 0.3) is 0 Å². The third-order valence-electron chi connectivity index (χ3n) is 1.13. The molecule has 0 saturated carbocycles. The molecule has 2 rings (SSSR count). The predicted octanol–water partition coefficient (Wildman–Crippen LogP) is 1.22. The smallest absolute Gasteiger partial charge is 0.0265 e. The van der Waals surface area contributed by atoms with Crippen LogP contribution in [-0.2, 0) is 0 Å². The third kappa shape index (κ3) is 0.562. The zero-order valence-electron chi connectivity index (χ0n) is 3.39. The van der Waals surface area contributed by atoms with Gasteiger partial charge in [-0.25, -0.2) is 0 Å². The van der Waals surface area contributed by atoms with Crippen LogP contribution in [-0.4, -0.2) is 22.0 Å². The minimum atomic E-state index is 1.09. The molecule has 0 spiro atoms. The molecule has 0 N–H and O–H groups in total. The standard InChI is InChI=1S/C4H6S2/c1-3(5-1)4-2-6-4/h3-4H,1-2H2/t3-,4-/m1/s1. The van der Waals surface area contributed by atoms with Gasteiger partial charge < -0.3 is 0 Å². The second-order valence-electron chi connectivity index (χ2n) is 1.74. The first-order valence-electron chi connectivity index (χ1n) is 2.20. The van der Waals surface area contributed by atoms with Crippen molar-refractivity contribution in [1.82, 2.24) is 0 Å². The minimum Gasteiger partial charge on any atom is -0.155 e. The largest absolute Gasteiger partial charge is 0.155 e. The molecule has 2 fully saturated rings.